The molecule has 32 heavy (non-hydrogen) atoms. The zero-order chi connectivity index (χ0) is 22.8. The van der Waals surface area contributed by atoms with Crippen molar-refractivity contribution in [2.75, 3.05) is 33.4 Å². The molecule has 2 amide bonds. The van der Waals surface area contributed by atoms with Gasteiger partial charge in [0.05, 0.1) is 5.41 Å². The summed E-state index contributed by atoms with van der Waals surface area (Å²) in [7, 11) is 1.60. The fourth-order valence-corrected chi connectivity index (χ4v) is 4.92. The second-order valence-electron chi connectivity index (χ2n) is 9.21. The third kappa shape index (κ3) is 4.13. The zero-order valence-corrected chi connectivity index (χ0v) is 19.2. The molecule has 0 bridgehead atoms. The molecule has 3 heterocycles. The van der Waals surface area contributed by atoms with Crippen LogP contribution in [0.4, 0.5) is 0 Å². The molecule has 1 aromatic heterocycles. The number of carbonyl (C=O) groups excluding carboxylic acids is 2. The second kappa shape index (κ2) is 8.98. The number of hydrogen-bond donors (Lipinski definition) is 1. The Bertz CT molecular complexity index is 978. The predicted molar refractivity (Wildman–Crippen MR) is 121 cm³/mol. The maximum Gasteiger partial charge on any atom is 0.269 e. The minimum absolute atomic E-state index is 0.199. The maximum atomic E-state index is 13.8. The van der Waals surface area contributed by atoms with Crippen LogP contribution in [-0.2, 0) is 20.4 Å². The first kappa shape index (κ1) is 22.4. The first-order chi connectivity index (χ1) is 15.4. The summed E-state index contributed by atoms with van der Waals surface area (Å²) in [5.74, 6) is 0.676. The first-order valence-electron chi connectivity index (χ1n) is 11.4. The van der Waals surface area contributed by atoms with E-state index in [1.54, 1.807) is 13.1 Å². The highest BCUT2D eigenvalue weighted by molar-refractivity contribution is 5.92. The van der Waals surface area contributed by atoms with Crippen LogP contribution in [0, 0.1) is 6.92 Å². The molecule has 7 heteroatoms. The van der Waals surface area contributed by atoms with E-state index in [2.05, 4.69) is 34.3 Å². The number of ether oxygens (including phenoxy) is 1. The van der Waals surface area contributed by atoms with Gasteiger partial charge in [-0.15, -0.1) is 0 Å². The molecule has 170 valence electrons. The fourth-order valence-electron chi connectivity index (χ4n) is 4.92. The Balaban J connectivity index is 1.54. The van der Waals surface area contributed by atoms with Crippen LogP contribution in [0.25, 0.3) is 0 Å². The Kier molecular flexibility index (Phi) is 6.29. The summed E-state index contributed by atoms with van der Waals surface area (Å²) in [6.07, 6.45) is 2.94. The van der Waals surface area contributed by atoms with Crippen molar-refractivity contribution in [2.45, 2.75) is 50.4 Å². The van der Waals surface area contributed by atoms with Crippen LogP contribution in [0.1, 0.15) is 60.2 Å². The number of benzene rings is 1. The largest absolute Gasteiger partial charge is 0.381 e. The number of likely N-dealkylation sites (tertiary alicyclic amines) is 1. The summed E-state index contributed by atoms with van der Waals surface area (Å²) in [6.45, 7) is 6.53. The summed E-state index contributed by atoms with van der Waals surface area (Å²) in [5.41, 5.74) is 1.46. The van der Waals surface area contributed by atoms with Gasteiger partial charge in [0.15, 0.2) is 0 Å². The van der Waals surface area contributed by atoms with E-state index in [1.807, 2.05) is 30.0 Å². The van der Waals surface area contributed by atoms with E-state index in [0.29, 0.717) is 50.7 Å². The SMILES string of the molecule is CNC(=O)c1cc(C)nc(C2(C)CCN(C(=O)C3(c4ccccc4)CCOCC3)CC2)n1. The maximum absolute atomic E-state index is 13.8. The average Bonchev–Trinajstić information content (AvgIpc) is 2.84. The van der Waals surface area contributed by atoms with Gasteiger partial charge in [0, 0.05) is 44.5 Å². The number of aromatic nitrogens is 2. The lowest BCUT2D eigenvalue weighted by Crippen LogP contribution is -2.53. The Labute approximate surface area is 189 Å². The summed E-state index contributed by atoms with van der Waals surface area (Å²) in [6, 6.07) is 11.8. The second-order valence-corrected chi connectivity index (χ2v) is 9.21. The van der Waals surface area contributed by atoms with Crippen molar-refractivity contribution in [1.29, 1.82) is 0 Å². The smallest absolute Gasteiger partial charge is 0.269 e. The summed E-state index contributed by atoms with van der Waals surface area (Å²) in [5, 5.41) is 2.64. The molecule has 2 aliphatic heterocycles. The highest BCUT2D eigenvalue weighted by Crippen LogP contribution is 2.40. The van der Waals surface area contributed by atoms with Crippen molar-refractivity contribution >= 4 is 11.8 Å². The monoisotopic (exact) mass is 436 g/mol. The first-order valence-corrected chi connectivity index (χ1v) is 11.4. The van der Waals surface area contributed by atoms with Crippen molar-refractivity contribution in [3.8, 4) is 0 Å². The molecule has 2 saturated heterocycles. The van der Waals surface area contributed by atoms with Gasteiger partial charge in [-0.2, -0.15) is 0 Å². The van der Waals surface area contributed by atoms with Crippen molar-refractivity contribution in [3.63, 3.8) is 0 Å². The number of carbonyl (C=O) groups is 2. The van der Waals surface area contributed by atoms with E-state index in [1.165, 1.54) is 0 Å². The van der Waals surface area contributed by atoms with Gasteiger partial charge in [-0.1, -0.05) is 37.3 Å². The predicted octanol–water partition coefficient (Wildman–Crippen LogP) is 2.77. The van der Waals surface area contributed by atoms with Crippen molar-refractivity contribution in [3.05, 3.63) is 59.2 Å². The lowest BCUT2D eigenvalue weighted by Gasteiger charge is -2.44. The normalized spacial score (nSPS) is 19.9. The molecule has 0 spiro atoms. The molecule has 2 fully saturated rings. The fraction of sp³-hybridized carbons (Fsp3) is 0.520. The molecule has 7 nitrogen and oxygen atoms in total. The lowest BCUT2D eigenvalue weighted by atomic mass is 9.72. The minimum Gasteiger partial charge on any atom is -0.381 e. The van der Waals surface area contributed by atoms with Crippen molar-refractivity contribution in [2.24, 2.45) is 0 Å². The van der Waals surface area contributed by atoms with Crippen LogP contribution in [0.15, 0.2) is 36.4 Å². The number of aryl methyl sites for hydroxylation is 1. The van der Waals surface area contributed by atoms with Crippen LogP contribution in [0.2, 0.25) is 0 Å². The molecule has 1 aromatic carbocycles. The minimum atomic E-state index is -0.514. The highest BCUT2D eigenvalue weighted by Gasteiger charge is 2.46. The molecule has 0 aliphatic carbocycles. The Morgan fingerprint density at radius 1 is 1.03 bits per heavy atom. The van der Waals surface area contributed by atoms with Gasteiger partial charge in [-0.3, -0.25) is 9.59 Å². The molecule has 4 rings (SSSR count). The van der Waals surface area contributed by atoms with E-state index in [9.17, 15) is 9.59 Å². The van der Waals surface area contributed by atoms with E-state index >= 15 is 0 Å². The number of amides is 2. The molecule has 0 unspecified atom stereocenters. The van der Waals surface area contributed by atoms with E-state index in [4.69, 9.17) is 4.74 Å². The Morgan fingerprint density at radius 2 is 1.69 bits per heavy atom. The average molecular weight is 437 g/mol. The highest BCUT2D eigenvalue weighted by atomic mass is 16.5. The Morgan fingerprint density at radius 3 is 2.31 bits per heavy atom. The molecular formula is C25H32N4O3. The molecule has 2 aromatic rings. The van der Waals surface area contributed by atoms with E-state index in [-0.39, 0.29) is 17.2 Å². The summed E-state index contributed by atoms with van der Waals surface area (Å²) >= 11 is 0. The van der Waals surface area contributed by atoms with E-state index in [0.717, 1.165) is 24.1 Å². The number of nitrogens with one attached hydrogen (secondary N) is 1. The van der Waals surface area contributed by atoms with Gasteiger partial charge < -0.3 is 15.0 Å². The van der Waals surface area contributed by atoms with Gasteiger partial charge in [-0.25, -0.2) is 9.97 Å². The third-order valence-electron chi connectivity index (χ3n) is 7.09. The number of rotatable bonds is 4. The summed E-state index contributed by atoms with van der Waals surface area (Å²) < 4.78 is 5.61. The van der Waals surface area contributed by atoms with Crippen molar-refractivity contribution < 1.29 is 14.3 Å². The standard InChI is InChI=1S/C25H32N4O3/c1-18-17-20(21(30)26-3)28-22(27-18)24(2)9-13-29(14-10-24)23(31)25(11-15-32-16-12-25)19-7-5-4-6-8-19/h4-8,17H,9-16H2,1-3H3,(H,26,30). The Hall–Kier alpha value is -2.80. The molecular weight excluding hydrogens is 404 g/mol. The molecule has 1 N–H and O–H groups in total. The van der Waals surface area contributed by atoms with Crippen LogP contribution in [-0.4, -0.2) is 60.0 Å². The van der Waals surface area contributed by atoms with Gasteiger partial charge in [0.2, 0.25) is 5.91 Å². The quantitative estimate of drug-likeness (QED) is 0.797. The zero-order valence-electron chi connectivity index (χ0n) is 19.2. The summed E-state index contributed by atoms with van der Waals surface area (Å²) in [4.78, 5) is 37.2. The van der Waals surface area contributed by atoms with Crippen molar-refractivity contribution in [1.82, 2.24) is 20.2 Å². The van der Waals surface area contributed by atoms with Gasteiger partial charge in [0.25, 0.3) is 5.91 Å². The van der Waals surface area contributed by atoms with Gasteiger partial charge in [-0.05, 0) is 44.2 Å². The van der Waals surface area contributed by atoms with Crippen LogP contribution in [0.3, 0.4) is 0 Å². The lowest BCUT2D eigenvalue weighted by molar-refractivity contribution is -0.143. The molecule has 0 atom stereocenters. The third-order valence-corrected chi connectivity index (χ3v) is 7.09. The van der Waals surface area contributed by atoms with Gasteiger partial charge >= 0.3 is 0 Å². The van der Waals surface area contributed by atoms with Crippen LogP contribution >= 0.6 is 0 Å². The topological polar surface area (TPSA) is 84.4 Å². The van der Waals surface area contributed by atoms with Gasteiger partial charge in [0.1, 0.15) is 11.5 Å². The van der Waals surface area contributed by atoms with Crippen LogP contribution in [0.5, 0.6) is 0 Å². The number of piperidine rings is 1. The van der Waals surface area contributed by atoms with Crippen LogP contribution < -0.4 is 5.32 Å². The number of hydrogen-bond acceptors (Lipinski definition) is 5. The molecule has 2 aliphatic rings. The number of nitrogens with zero attached hydrogens (tertiary/aromatic N) is 3. The molecule has 0 saturated carbocycles. The van der Waals surface area contributed by atoms with E-state index < -0.39 is 5.41 Å². The molecule has 0 radical (unpaired) electrons.